The molecule has 0 unspecified atom stereocenters. The lowest BCUT2D eigenvalue weighted by Crippen LogP contribution is -1.87. The van der Waals surface area contributed by atoms with Crippen LogP contribution in [0.25, 0.3) is 0 Å². The molecule has 0 aliphatic carbocycles. The lowest BCUT2D eigenvalue weighted by molar-refractivity contribution is 0.763. The van der Waals surface area contributed by atoms with Crippen molar-refractivity contribution in [3.63, 3.8) is 0 Å². The molecule has 0 saturated heterocycles. The maximum Gasteiger partial charge on any atom is 0.0119 e. The van der Waals surface area contributed by atoms with E-state index in [1.807, 2.05) is 11.8 Å². The highest BCUT2D eigenvalue weighted by atomic mass is 32.2. The number of thioether (sulfide) groups is 1. The van der Waals surface area contributed by atoms with Crippen molar-refractivity contribution in [1.82, 2.24) is 0 Å². The Bertz CT molecular complexity index is 351. The Kier molecular flexibility index (Phi) is 7.91. The summed E-state index contributed by atoms with van der Waals surface area (Å²) in [6.45, 7) is 6.85. The molecule has 0 fully saturated rings. The van der Waals surface area contributed by atoms with Crippen LogP contribution in [-0.2, 0) is 0 Å². The standard InChI is InChI=1S/C17H26S/c1-4-6-11-15(3)17(14-7-5-2)18-16-12-9-8-10-13-16/h8-10,12-13H,4-7,11,14H2,1-3H3/b17-15+. The Morgan fingerprint density at radius 2 is 1.56 bits per heavy atom. The third-order valence-electron chi connectivity index (χ3n) is 3.12. The fraction of sp³-hybridized carbons (Fsp3) is 0.529. The summed E-state index contributed by atoms with van der Waals surface area (Å²) in [5, 5.41) is 0. The van der Waals surface area contributed by atoms with Crippen LogP contribution in [0.4, 0.5) is 0 Å². The second-order valence-electron chi connectivity index (χ2n) is 4.83. The summed E-state index contributed by atoms with van der Waals surface area (Å²) in [6, 6.07) is 10.8. The van der Waals surface area contributed by atoms with Crippen LogP contribution in [0.2, 0.25) is 0 Å². The van der Waals surface area contributed by atoms with Crippen LogP contribution in [0, 0.1) is 0 Å². The molecule has 0 aliphatic heterocycles. The second-order valence-corrected chi connectivity index (χ2v) is 5.99. The van der Waals surface area contributed by atoms with Crippen molar-refractivity contribution in [2.75, 3.05) is 0 Å². The van der Waals surface area contributed by atoms with Crippen LogP contribution in [0.5, 0.6) is 0 Å². The molecular formula is C17H26S. The highest BCUT2D eigenvalue weighted by Crippen LogP contribution is 2.33. The third-order valence-corrected chi connectivity index (χ3v) is 4.43. The van der Waals surface area contributed by atoms with Crippen LogP contribution < -0.4 is 0 Å². The number of benzene rings is 1. The first-order valence-electron chi connectivity index (χ1n) is 7.19. The SMILES string of the molecule is CCCC/C(C)=C(\CCCC)Sc1ccccc1. The number of allylic oxidation sites excluding steroid dienone is 2. The molecule has 18 heavy (non-hydrogen) atoms. The molecule has 0 N–H and O–H groups in total. The van der Waals surface area contributed by atoms with Crippen molar-refractivity contribution in [2.45, 2.75) is 64.2 Å². The molecule has 0 spiro atoms. The summed E-state index contributed by atoms with van der Waals surface area (Å²) >= 11 is 1.97. The smallest absolute Gasteiger partial charge is 0.0119 e. The predicted octanol–water partition coefficient (Wildman–Crippen LogP) is 6.43. The van der Waals surface area contributed by atoms with Gasteiger partial charge in [0.15, 0.2) is 0 Å². The Morgan fingerprint density at radius 1 is 0.944 bits per heavy atom. The molecule has 0 heterocycles. The van der Waals surface area contributed by atoms with Gasteiger partial charge in [-0.3, -0.25) is 0 Å². The normalized spacial score (nSPS) is 12.4. The number of hydrogen-bond donors (Lipinski definition) is 0. The van der Waals surface area contributed by atoms with Crippen LogP contribution in [-0.4, -0.2) is 0 Å². The zero-order chi connectivity index (χ0) is 13.2. The Balaban J connectivity index is 2.71. The third kappa shape index (κ3) is 5.77. The second kappa shape index (κ2) is 9.27. The minimum Gasteiger partial charge on any atom is -0.0946 e. The van der Waals surface area contributed by atoms with Crippen LogP contribution in [0.3, 0.4) is 0 Å². The van der Waals surface area contributed by atoms with Gasteiger partial charge in [0.25, 0.3) is 0 Å². The summed E-state index contributed by atoms with van der Waals surface area (Å²) in [5.74, 6) is 0. The summed E-state index contributed by atoms with van der Waals surface area (Å²) in [5.41, 5.74) is 1.60. The fourth-order valence-corrected chi connectivity index (χ4v) is 3.00. The molecule has 0 aliphatic rings. The average molecular weight is 262 g/mol. The first-order valence-corrected chi connectivity index (χ1v) is 8.01. The van der Waals surface area contributed by atoms with Gasteiger partial charge in [0, 0.05) is 4.90 Å². The molecule has 1 aromatic rings. The lowest BCUT2D eigenvalue weighted by Gasteiger charge is -2.12. The molecule has 0 saturated carbocycles. The molecular weight excluding hydrogens is 236 g/mol. The van der Waals surface area contributed by atoms with Gasteiger partial charge in [0.05, 0.1) is 0 Å². The summed E-state index contributed by atoms with van der Waals surface area (Å²) in [6.07, 6.45) is 7.69. The van der Waals surface area contributed by atoms with Crippen molar-refractivity contribution in [3.8, 4) is 0 Å². The van der Waals surface area contributed by atoms with Gasteiger partial charge in [0.2, 0.25) is 0 Å². The van der Waals surface area contributed by atoms with Gasteiger partial charge in [0.1, 0.15) is 0 Å². The molecule has 1 aromatic carbocycles. The van der Waals surface area contributed by atoms with E-state index in [0.717, 1.165) is 0 Å². The quantitative estimate of drug-likeness (QED) is 0.486. The largest absolute Gasteiger partial charge is 0.0946 e. The Hall–Kier alpha value is -0.690. The lowest BCUT2D eigenvalue weighted by atomic mass is 10.1. The van der Waals surface area contributed by atoms with Crippen molar-refractivity contribution in [3.05, 3.63) is 40.8 Å². The van der Waals surface area contributed by atoms with E-state index in [4.69, 9.17) is 0 Å². The van der Waals surface area contributed by atoms with Gasteiger partial charge in [-0.25, -0.2) is 0 Å². The van der Waals surface area contributed by atoms with Crippen molar-refractivity contribution in [1.29, 1.82) is 0 Å². The molecule has 0 nitrogen and oxygen atoms in total. The van der Waals surface area contributed by atoms with E-state index in [1.54, 1.807) is 10.5 Å². The first kappa shape index (κ1) is 15.4. The highest BCUT2D eigenvalue weighted by molar-refractivity contribution is 8.03. The van der Waals surface area contributed by atoms with E-state index in [9.17, 15) is 0 Å². The van der Waals surface area contributed by atoms with Gasteiger partial charge in [-0.2, -0.15) is 0 Å². The number of hydrogen-bond acceptors (Lipinski definition) is 1. The monoisotopic (exact) mass is 262 g/mol. The molecule has 0 atom stereocenters. The van der Waals surface area contributed by atoms with E-state index in [-0.39, 0.29) is 0 Å². The van der Waals surface area contributed by atoms with Crippen LogP contribution in [0.1, 0.15) is 59.3 Å². The fourth-order valence-electron chi connectivity index (χ4n) is 1.90. The zero-order valence-corrected chi connectivity index (χ0v) is 12.9. The van der Waals surface area contributed by atoms with Crippen molar-refractivity contribution >= 4 is 11.8 Å². The van der Waals surface area contributed by atoms with Crippen molar-refractivity contribution in [2.24, 2.45) is 0 Å². The molecule has 1 heteroatoms. The molecule has 0 bridgehead atoms. The molecule has 100 valence electrons. The topological polar surface area (TPSA) is 0 Å². The van der Waals surface area contributed by atoms with Crippen LogP contribution in [0.15, 0.2) is 45.7 Å². The number of unbranched alkanes of at least 4 members (excludes halogenated alkanes) is 2. The number of rotatable bonds is 8. The summed E-state index contributed by atoms with van der Waals surface area (Å²) in [4.78, 5) is 2.97. The van der Waals surface area contributed by atoms with Gasteiger partial charge in [-0.1, -0.05) is 62.2 Å². The molecule has 0 aromatic heterocycles. The maximum absolute atomic E-state index is 2.32. The maximum atomic E-state index is 2.32. The summed E-state index contributed by atoms with van der Waals surface area (Å²) in [7, 11) is 0. The molecule has 1 rings (SSSR count). The first-order chi connectivity index (χ1) is 8.77. The average Bonchev–Trinajstić information content (AvgIpc) is 2.42. The highest BCUT2D eigenvalue weighted by Gasteiger charge is 2.05. The van der Waals surface area contributed by atoms with E-state index < -0.39 is 0 Å². The van der Waals surface area contributed by atoms with E-state index in [2.05, 4.69) is 51.1 Å². The van der Waals surface area contributed by atoms with Gasteiger partial charge < -0.3 is 0 Å². The van der Waals surface area contributed by atoms with E-state index in [0.29, 0.717) is 0 Å². The van der Waals surface area contributed by atoms with Gasteiger partial charge in [-0.15, -0.1) is 0 Å². The Labute approximate surface area is 117 Å². The minimum absolute atomic E-state index is 1.24. The minimum atomic E-state index is 1.24. The molecule has 0 amide bonds. The van der Waals surface area contributed by atoms with Crippen LogP contribution >= 0.6 is 11.8 Å². The Morgan fingerprint density at radius 3 is 2.17 bits per heavy atom. The zero-order valence-electron chi connectivity index (χ0n) is 12.0. The van der Waals surface area contributed by atoms with E-state index in [1.165, 1.54) is 43.4 Å². The van der Waals surface area contributed by atoms with Gasteiger partial charge in [-0.05, 0) is 49.6 Å². The van der Waals surface area contributed by atoms with E-state index >= 15 is 0 Å². The summed E-state index contributed by atoms with van der Waals surface area (Å²) < 4.78 is 0. The van der Waals surface area contributed by atoms with Gasteiger partial charge >= 0.3 is 0 Å². The molecule has 0 radical (unpaired) electrons. The van der Waals surface area contributed by atoms with Crippen molar-refractivity contribution < 1.29 is 0 Å². The predicted molar refractivity (Wildman–Crippen MR) is 84.0 cm³/mol.